The second-order valence-corrected chi connectivity index (χ2v) is 4.35. The quantitative estimate of drug-likeness (QED) is 0.810. The van der Waals surface area contributed by atoms with Gasteiger partial charge in [-0.3, -0.25) is 0 Å². The molecule has 3 N–H and O–H groups in total. The van der Waals surface area contributed by atoms with Gasteiger partial charge in [-0.25, -0.2) is 8.78 Å². The van der Waals surface area contributed by atoms with Crippen molar-refractivity contribution >= 4 is 17.1 Å². The van der Waals surface area contributed by atoms with Crippen LogP contribution in [0, 0.1) is 11.6 Å². The summed E-state index contributed by atoms with van der Waals surface area (Å²) in [5.74, 6) is -0.751. The molecule has 0 amide bonds. The van der Waals surface area contributed by atoms with Crippen LogP contribution >= 0.6 is 0 Å². The summed E-state index contributed by atoms with van der Waals surface area (Å²) in [5, 5.41) is 2.95. The van der Waals surface area contributed by atoms with Gasteiger partial charge in [0.2, 0.25) is 0 Å². The Morgan fingerprint density at radius 2 is 2.00 bits per heavy atom. The predicted molar refractivity (Wildman–Crippen MR) is 76.3 cm³/mol. The normalized spacial score (nSPS) is 10.3. The van der Waals surface area contributed by atoms with E-state index in [9.17, 15) is 8.78 Å². The van der Waals surface area contributed by atoms with Gasteiger partial charge in [0.15, 0.2) is 11.6 Å². The van der Waals surface area contributed by atoms with Crippen LogP contribution in [-0.4, -0.2) is 6.61 Å². The second kappa shape index (κ2) is 6.23. The highest BCUT2D eigenvalue weighted by molar-refractivity contribution is 5.74. The first-order valence-electron chi connectivity index (χ1n) is 6.34. The lowest BCUT2D eigenvalue weighted by Gasteiger charge is -2.13. The highest BCUT2D eigenvalue weighted by atomic mass is 19.1. The summed E-state index contributed by atoms with van der Waals surface area (Å²) in [6, 6.07) is 8.60. The van der Waals surface area contributed by atoms with Crippen molar-refractivity contribution in [2.45, 2.75) is 13.3 Å². The summed E-state index contributed by atoms with van der Waals surface area (Å²) in [4.78, 5) is 0. The van der Waals surface area contributed by atoms with E-state index in [1.165, 1.54) is 24.3 Å². The monoisotopic (exact) mass is 278 g/mol. The average Bonchev–Trinajstić information content (AvgIpc) is 2.40. The van der Waals surface area contributed by atoms with Crippen LogP contribution in [0.1, 0.15) is 13.3 Å². The lowest BCUT2D eigenvalue weighted by atomic mass is 10.2. The van der Waals surface area contributed by atoms with Gasteiger partial charge in [0.25, 0.3) is 0 Å². The number of hydrogen-bond donors (Lipinski definition) is 2. The molecule has 0 heterocycles. The Labute approximate surface area is 116 Å². The lowest BCUT2D eigenvalue weighted by Crippen LogP contribution is -2.02. The summed E-state index contributed by atoms with van der Waals surface area (Å²) in [5.41, 5.74) is 6.99. The van der Waals surface area contributed by atoms with Crippen LogP contribution in [0.15, 0.2) is 36.4 Å². The summed E-state index contributed by atoms with van der Waals surface area (Å²) in [6.07, 6.45) is 0.774. The molecule has 106 valence electrons. The van der Waals surface area contributed by atoms with Gasteiger partial charge in [0.05, 0.1) is 18.0 Å². The third-order valence-electron chi connectivity index (χ3n) is 2.67. The van der Waals surface area contributed by atoms with Crippen molar-refractivity contribution in [2.75, 3.05) is 17.7 Å². The first-order valence-corrected chi connectivity index (χ1v) is 6.34. The Hall–Kier alpha value is -2.30. The maximum Gasteiger partial charge on any atom is 0.167 e. The van der Waals surface area contributed by atoms with E-state index < -0.39 is 5.82 Å². The molecule has 0 spiro atoms. The number of anilines is 3. The Kier molecular flexibility index (Phi) is 4.40. The molecule has 5 heteroatoms. The van der Waals surface area contributed by atoms with E-state index in [0.29, 0.717) is 18.0 Å². The Bertz CT molecular complexity index is 602. The summed E-state index contributed by atoms with van der Waals surface area (Å²) < 4.78 is 32.1. The van der Waals surface area contributed by atoms with Gasteiger partial charge in [-0.05, 0) is 24.6 Å². The number of hydrogen-bond acceptors (Lipinski definition) is 3. The number of rotatable bonds is 5. The SMILES string of the molecule is CCCOc1cc(Nc2cccc(F)c2)c(N)cc1F. The Morgan fingerprint density at radius 3 is 2.70 bits per heavy atom. The van der Waals surface area contributed by atoms with Crippen LogP contribution < -0.4 is 15.8 Å². The topological polar surface area (TPSA) is 47.3 Å². The van der Waals surface area contributed by atoms with Gasteiger partial charge in [-0.15, -0.1) is 0 Å². The molecule has 0 fully saturated rings. The second-order valence-electron chi connectivity index (χ2n) is 4.35. The average molecular weight is 278 g/mol. The molecule has 2 aromatic carbocycles. The van der Waals surface area contributed by atoms with E-state index in [1.54, 1.807) is 12.1 Å². The highest BCUT2D eigenvalue weighted by Gasteiger charge is 2.09. The molecule has 0 bridgehead atoms. The maximum absolute atomic E-state index is 13.7. The molecule has 0 aromatic heterocycles. The zero-order valence-corrected chi connectivity index (χ0v) is 11.1. The van der Waals surface area contributed by atoms with Crippen molar-refractivity contribution in [3.8, 4) is 5.75 Å². The number of benzene rings is 2. The van der Waals surface area contributed by atoms with E-state index in [0.717, 1.165) is 6.42 Å². The van der Waals surface area contributed by atoms with E-state index in [4.69, 9.17) is 10.5 Å². The molecule has 0 saturated carbocycles. The minimum atomic E-state index is -0.513. The Morgan fingerprint density at radius 1 is 1.20 bits per heavy atom. The molecule has 0 radical (unpaired) electrons. The van der Waals surface area contributed by atoms with Gasteiger partial charge in [-0.1, -0.05) is 13.0 Å². The largest absolute Gasteiger partial charge is 0.490 e. The van der Waals surface area contributed by atoms with Crippen molar-refractivity contribution in [3.05, 3.63) is 48.0 Å². The van der Waals surface area contributed by atoms with E-state index >= 15 is 0 Å². The first kappa shape index (κ1) is 14.1. The fourth-order valence-corrected chi connectivity index (χ4v) is 1.72. The summed E-state index contributed by atoms with van der Waals surface area (Å²) in [6.45, 7) is 2.35. The minimum absolute atomic E-state index is 0.125. The molecule has 0 atom stereocenters. The van der Waals surface area contributed by atoms with Crippen molar-refractivity contribution in [1.82, 2.24) is 0 Å². The Balaban J connectivity index is 2.26. The van der Waals surface area contributed by atoms with Crippen molar-refractivity contribution in [2.24, 2.45) is 0 Å². The zero-order valence-electron chi connectivity index (χ0n) is 11.1. The van der Waals surface area contributed by atoms with Gasteiger partial charge in [-0.2, -0.15) is 0 Å². The molecule has 0 saturated heterocycles. The molecular formula is C15H16F2N2O. The number of nitrogens with two attached hydrogens (primary N) is 1. The van der Waals surface area contributed by atoms with Crippen LogP contribution in [0.5, 0.6) is 5.75 Å². The number of halogens is 2. The van der Waals surface area contributed by atoms with Crippen LogP contribution in [0.2, 0.25) is 0 Å². The number of ether oxygens (including phenoxy) is 1. The van der Waals surface area contributed by atoms with Crippen LogP contribution in [0.3, 0.4) is 0 Å². The van der Waals surface area contributed by atoms with Crippen LogP contribution in [0.25, 0.3) is 0 Å². The molecule has 2 aromatic rings. The standard InChI is InChI=1S/C15H16F2N2O/c1-2-6-20-15-9-14(13(18)8-12(15)17)19-11-5-3-4-10(16)7-11/h3-5,7-9,19H,2,6,18H2,1H3. The molecule has 0 aliphatic heterocycles. The lowest BCUT2D eigenvalue weighted by molar-refractivity contribution is 0.301. The zero-order chi connectivity index (χ0) is 14.5. The predicted octanol–water partition coefficient (Wildman–Crippen LogP) is 4.08. The maximum atomic E-state index is 13.7. The number of nitrogen functional groups attached to an aromatic ring is 1. The van der Waals surface area contributed by atoms with Gasteiger partial charge >= 0.3 is 0 Å². The van der Waals surface area contributed by atoms with Crippen molar-refractivity contribution < 1.29 is 13.5 Å². The van der Waals surface area contributed by atoms with Gasteiger partial charge in [0.1, 0.15) is 5.82 Å². The molecule has 20 heavy (non-hydrogen) atoms. The van der Waals surface area contributed by atoms with Gasteiger partial charge < -0.3 is 15.8 Å². The van der Waals surface area contributed by atoms with Crippen LogP contribution in [-0.2, 0) is 0 Å². The van der Waals surface area contributed by atoms with Crippen LogP contribution in [0.4, 0.5) is 25.8 Å². The van der Waals surface area contributed by atoms with Crippen molar-refractivity contribution in [3.63, 3.8) is 0 Å². The third-order valence-corrected chi connectivity index (χ3v) is 2.67. The molecule has 3 nitrogen and oxygen atoms in total. The summed E-state index contributed by atoms with van der Waals surface area (Å²) in [7, 11) is 0. The molecule has 0 aliphatic rings. The third kappa shape index (κ3) is 3.38. The van der Waals surface area contributed by atoms with E-state index in [2.05, 4.69) is 5.32 Å². The smallest absolute Gasteiger partial charge is 0.167 e. The highest BCUT2D eigenvalue weighted by Crippen LogP contribution is 2.30. The molecule has 0 aliphatic carbocycles. The first-order chi connectivity index (χ1) is 9.60. The van der Waals surface area contributed by atoms with E-state index in [1.807, 2.05) is 6.92 Å². The molecular weight excluding hydrogens is 262 g/mol. The van der Waals surface area contributed by atoms with Gasteiger partial charge in [0, 0.05) is 17.8 Å². The fourth-order valence-electron chi connectivity index (χ4n) is 1.72. The van der Waals surface area contributed by atoms with E-state index in [-0.39, 0.29) is 17.3 Å². The minimum Gasteiger partial charge on any atom is -0.490 e. The number of nitrogens with one attached hydrogen (secondary N) is 1. The fraction of sp³-hybridized carbons (Fsp3) is 0.200. The summed E-state index contributed by atoms with van der Waals surface area (Å²) >= 11 is 0. The van der Waals surface area contributed by atoms with Crippen molar-refractivity contribution in [1.29, 1.82) is 0 Å². The molecule has 2 rings (SSSR count). The molecule has 0 unspecified atom stereocenters.